The summed E-state index contributed by atoms with van der Waals surface area (Å²) >= 11 is 0. The van der Waals surface area contributed by atoms with Gasteiger partial charge < -0.3 is 15.0 Å². The van der Waals surface area contributed by atoms with Crippen LogP contribution in [0.4, 0.5) is 16.2 Å². The van der Waals surface area contributed by atoms with Crippen molar-refractivity contribution in [2.24, 2.45) is 0 Å². The Morgan fingerprint density at radius 3 is 2.72 bits per heavy atom. The van der Waals surface area contributed by atoms with Gasteiger partial charge in [0.15, 0.2) is 0 Å². The molecule has 1 N–H and O–H groups in total. The van der Waals surface area contributed by atoms with Crippen molar-refractivity contribution in [1.29, 1.82) is 0 Å². The van der Waals surface area contributed by atoms with Gasteiger partial charge in [0.25, 0.3) is 5.91 Å². The van der Waals surface area contributed by atoms with Crippen LogP contribution in [0.25, 0.3) is 10.9 Å². The Morgan fingerprint density at radius 1 is 1.17 bits per heavy atom. The van der Waals surface area contributed by atoms with Gasteiger partial charge >= 0.3 is 6.03 Å². The number of aryl methyl sites for hydroxylation is 1. The maximum absolute atomic E-state index is 12.8. The number of carbonyl (C=O) groups excluding carboxylic acids is 2. The number of urea groups is 1. The molecular weight excluding hydrogens is 370 g/mol. The number of nitrogens with one attached hydrogen (secondary N) is 1. The number of likely N-dealkylation sites (N-methyl/N-ethyl adjacent to an activating group) is 1. The first kappa shape index (κ1) is 18.7. The van der Waals surface area contributed by atoms with E-state index in [4.69, 9.17) is 4.74 Å². The third-order valence-corrected chi connectivity index (χ3v) is 5.00. The van der Waals surface area contributed by atoms with Crippen LogP contribution in [0.5, 0.6) is 5.88 Å². The zero-order valence-corrected chi connectivity index (χ0v) is 16.5. The number of carbonyl (C=O) groups is 2. The minimum Gasteiger partial charge on any atom is -0.480 e. The molecule has 4 rings (SSSR count). The van der Waals surface area contributed by atoms with Gasteiger partial charge in [0.05, 0.1) is 24.0 Å². The number of hydrogen-bond acceptors (Lipinski definition) is 5. The molecule has 29 heavy (non-hydrogen) atoms. The molecular formula is C21H21N5O3. The molecule has 0 atom stereocenters. The highest BCUT2D eigenvalue weighted by Crippen LogP contribution is 2.34. The van der Waals surface area contributed by atoms with E-state index < -0.39 is 0 Å². The second-order valence-electron chi connectivity index (χ2n) is 6.86. The van der Waals surface area contributed by atoms with E-state index in [2.05, 4.69) is 15.3 Å². The van der Waals surface area contributed by atoms with E-state index in [0.29, 0.717) is 29.9 Å². The van der Waals surface area contributed by atoms with Crippen molar-refractivity contribution in [2.45, 2.75) is 6.92 Å². The number of benzene rings is 1. The number of hydrogen-bond donors (Lipinski definition) is 1. The lowest BCUT2D eigenvalue weighted by molar-refractivity contribution is 0.102. The molecule has 3 amide bonds. The average molecular weight is 391 g/mol. The quantitative estimate of drug-likeness (QED) is 0.738. The Labute approximate surface area is 168 Å². The number of aromatic nitrogens is 2. The first-order chi connectivity index (χ1) is 14.0. The molecule has 1 fully saturated rings. The molecule has 3 aromatic rings. The number of ether oxygens (including phenoxy) is 1. The van der Waals surface area contributed by atoms with Crippen molar-refractivity contribution >= 4 is 34.2 Å². The average Bonchev–Trinajstić information content (AvgIpc) is 3.06. The van der Waals surface area contributed by atoms with Gasteiger partial charge in [-0.3, -0.25) is 14.7 Å². The summed E-state index contributed by atoms with van der Waals surface area (Å²) in [5, 5.41) is 3.71. The Bertz CT molecular complexity index is 1110. The summed E-state index contributed by atoms with van der Waals surface area (Å²) in [4.78, 5) is 37.4. The Kier molecular flexibility index (Phi) is 4.75. The number of para-hydroxylation sites is 1. The fraction of sp³-hybridized carbons (Fsp3) is 0.238. The number of methoxy groups -OCH3 is 1. The Morgan fingerprint density at radius 2 is 2.00 bits per heavy atom. The zero-order chi connectivity index (χ0) is 20.5. The molecule has 0 saturated carbocycles. The molecule has 1 saturated heterocycles. The second kappa shape index (κ2) is 7.38. The van der Waals surface area contributed by atoms with Crippen LogP contribution >= 0.6 is 0 Å². The first-order valence-electron chi connectivity index (χ1n) is 9.22. The fourth-order valence-corrected chi connectivity index (χ4v) is 3.54. The number of rotatable bonds is 4. The van der Waals surface area contributed by atoms with E-state index in [1.54, 1.807) is 47.4 Å². The number of amides is 3. The van der Waals surface area contributed by atoms with Crippen molar-refractivity contribution in [2.75, 3.05) is 37.5 Å². The van der Waals surface area contributed by atoms with Gasteiger partial charge in [-0.1, -0.05) is 12.1 Å². The summed E-state index contributed by atoms with van der Waals surface area (Å²) in [6.45, 7) is 3.21. The molecule has 1 aromatic carbocycles. The molecule has 8 heteroatoms. The van der Waals surface area contributed by atoms with E-state index in [1.807, 2.05) is 19.1 Å². The van der Waals surface area contributed by atoms with Crippen molar-refractivity contribution in [1.82, 2.24) is 14.9 Å². The molecule has 1 aliphatic heterocycles. The normalized spacial score (nSPS) is 13.8. The highest BCUT2D eigenvalue weighted by Gasteiger charge is 2.29. The summed E-state index contributed by atoms with van der Waals surface area (Å²) < 4.78 is 5.18. The van der Waals surface area contributed by atoms with E-state index in [1.165, 1.54) is 7.11 Å². The lowest BCUT2D eigenvalue weighted by atomic mass is 10.1. The summed E-state index contributed by atoms with van der Waals surface area (Å²) in [6, 6.07) is 8.82. The van der Waals surface area contributed by atoms with Crippen LogP contribution in [0.3, 0.4) is 0 Å². The lowest BCUT2D eigenvalue weighted by Gasteiger charge is -2.21. The monoisotopic (exact) mass is 391 g/mol. The predicted molar refractivity (Wildman–Crippen MR) is 111 cm³/mol. The Balaban J connectivity index is 1.76. The molecule has 148 valence electrons. The zero-order valence-electron chi connectivity index (χ0n) is 16.5. The van der Waals surface area contributed by atoms with Crippen LogP contribution in [0.1, 0.15) is 15.9 Å². The maximum atomic E-state index is 12.8. The highest BCUT2D eigenvalue weighted by molar-refractivity contribution is 6.12. The van der Waals surface area contributed by atoms with Crippen LogP contribution in [0.2, 0.25) is 0 Å². The van der Waals surface area contributed by atoms with E-state index in [0.717, 1.165) is 16.6 Å². The molecule has 8 nitrogen and oxygen atoms in total. The number of anilines is 2. The third kappa shape index (κ3) is 3.22. The van der Waals surface area contributed by atoms with Crippen LogP contribution in [-0.2, 0) is 0 Å². The van der Waals surface area contributed by atoms with Crippen LogP contribution in [-0.4, -0.2) is 54.1 Å². The first-order valence-corrected chi connectivity index (χ1v) is 9.22. The third-order valence-electron chi connectivity index (χ3n) is 5.00. The largest absolute Gasteiger partial charge is 0.480 e. The molecule has 1 aliphatic rings. The van der Waals surface area contributed by atoms with Gasteiger partial charge in [-0.05, 0) is 30.7 Å². The number of nitrogens with zero attached hydrogens (tertiary/aromatic N) is 4. The maximum Gasteiger partial charge on any atom is 0.324 e. The van der Waals surface area contributed by atoms with Gasteiger partial charge in [0, 0.05) is 37.9 Å². The molecule has 0 bridgehead atoms. The smallest absolute Gasteiger partial charge is 0.324 e. The van der Waals surface area contributed by atoms with Gasteiger partial charge in [-0.25, -0.2) is 9.78 Å². The summed E-state index contributed by atoms with van der Waals surface area (Å²) in [5.41, 5.74) is 3.22. The fourth-order valence-electron chi connectivity index (χ4n) is 3.54. The van der Waals surface area contributed by atoms with Gasteiger partial charge in [-0.2, -0.15) is 0 Å². The number of pyridine rings is 2. The van der Waals surface area contributed by atoms with Gasteiger partial charge in [0.1, 0.15) is 5.56 Å². The topological polar surface area (TPSA) is 87.7 Å². The summed E-state index contributed by atoms with van der Waals surface area (Å²) in [5.74, 6) is -0.0937. The van der Waals surface area contributed by atoms with Crippen LogP contribution in [0.15, 0.2) is 42.7 Å². The van der Waals surface area contributed by atoms with Crippen LogP contribution in [0, 0.1) is 6.92 Å². The van der Waals surface area contributed by atoms with Gasteiger partial charge in [0.2, 0.25) is 5.88 Å². The molecule has 0 unspecified atom stereocenters. The van der Waals surface area contributed by atoms with E-state index in [9.17, 15) is 9.59 Å². The minimum absolute atomic E-state index is 0.0462. The number of fused-ring (bicyclic) bond motifs is 1. The molecule has 0 aliphatic carbocycles. The second-order valence-corrected chi connectivity index (χ2v) is 6.86. The highest BCUT2D eigenvalue weighted by atomic mass is 16.5. The SMILES string of the molecule is COc1ncccc1C(=O)Nc1cccc2c(N3CCN(C)C3=O)c(C)cnc12. The lowest BCUT2D eigenvalue weighted by Crippen LogP contribution is -2.30. The standard InChI is InChI=1S/C21H21N5O3/c1-13-12-23-17-14(18(13)26-11-10-25(2)21(26)28)6-4-8-16(17)24-19(27)15-7-5-9-22-20(15)29-3/h4-9,12H,10-11H2,1-3H3,(H,24,27). The molecule has 3 heterocycles. The van der Waals surface area contributed by atoms with Crippen LogP contribution < -0.4 is 15.0 Å². The van der Waals surface area contributed by atoms with Crippen molar-refractivity contribution in [3.8, 4) is 5.88 Å². The van der Waals surface area contributed by atoms with Crippen molar-refractivity contribution in [3.63, 3.8) is 0 Å². The summed E-state index contributed by atoms with van der Waals surface area (Å²) in [6.07, 6.45) is 3.29. The predicted octanol–water partition coefficient (Wildman–Crippen LogP) is 3.07. The van der Waals surface area contributed by atoms with E-state index in [-0.39, 0.29) is 17.8 Å². The Hall–Kier alpha value is -3.68. The summed E-state index contributed by atoms with van der Waals surface area (Å²) in [7, 11) is 3.26. The van der Waals surface area contributed by atoms with Gasteiger partial charge in [-0.15, -0.1) is 0 Å². The molecule has 0 spiro atoms. The molecule has 0 radical (unpaired) electrons. The van der Waals surface area contributed by atoms with Crippen molar-refractivity contribution < 1.29 is 14.3 Å². The molecule has 2 aromatic heterocycles. The van der Waals surface area contributed by atoms with Crippen molar-refractivity contribution in [3.05, 3.63) is 53.9 Å². The van der Waals surface area contributed by atoms with E-state index >= 15 is 0 Å². The minimum atomic E-state index is -0.344.